The van der Waals surface area contributed by atoms with E-state index in [4.69, 9.17) is 4.99 Å². The molecule has 0 bridgehead atoms. The Bertz CT molecular complexity index is 597. The number of para-hydroxylation sites is 1. The lowest BCUT2D eigenvalue weighted by molar-refractivity contribution is 0.581. The van der Waals surface area contributed by atoms with Crippen molar-refractivity contribution in [3.8, 4) is 0 Å². The summed E-state index contributed by atoms with van der Waals surface area (Å²) in [6, 6.07) is 8.55. The standard InChI is InChI=1S/C17H24N2/c1-6-9-15(18-17(2,3)4)14-12-19(5)16-11-8-7-10-13(14)16/h7-8,10-12H,6,9H2,1-5H3/b18-15+. The van der Waals surface area contributed by atoms with Crippen molar-refractivity contribution in [2.75, 3.05) is 0 Å². The lowest BCUT2D eigenvalue weighted by Crippen LogP contribution is -2.15. The molecule has 0 amide bonds. The number of benzene rings is 1. The van der Waals surface area contributed by atoms with Gasteiger partial charge in [0.05, 0.1) is 5.54 Å². The smallest absolute Gasteiger partial charge is 0.0527 e. The third-order valence-corrected chi connectivity index (χ3v) is 3.17. The van der Waals surface area contributed by atoms with Gasteiger partial charge in [0.15, 0.2) is 0 Å². The second-order valence-corrected chi connectivity index (χ2v) is 6.15. The first-order valence-corrected chi connectivity index (χ1v) is 7.05. The summed E-state index contributed by atoms with van der Waals surface area (Å²) in [5.41, 5.74) is 3.76. The number of rotatable bonds is 3. The van der Waals surface area contributed by atoms with Crippen molar-refractivity contribution < 1.29 is 0 Å². The summed E-state index contributed by atoms with van der Waals surface area (Å²) in [6.07, 6.45) is 4.37. The summed E-state index contributed by atoms with van der Waals surface area (Å²) >= 11 is 0. The van der Waals surface area contributed by atoms with E-state index in [1.54, 1.807) is 0 Å². The molecule has 0 fully saturated rings. The zero-order valence-corrected chi connectivity index (χ0v) is 12.7. The van der Waals surface area contributed by atoms with Crippen molar-refractivity contribution in [1.82, 2.24) is 4.57 Å². The molecule has 0 saturated heterocycles. The summed E-state index contributed by atoms with van der Waals surface area (Å²) in [6.45, 7) is 8.69. The highest BCUT2D eigenvalue weighted by atomic mass is 14.9. The molecule has 2 nitrogen and oxygen atoms in total. The minimum Gasteiger partial charge on any atom is -0.350 e. The van der Waals surface area contributed by atoms with E-state index < -0.39 is 0 Å². The second kappa shape index (κ2) is 5.20. The summed E-state index contributed by atoms with van der Waals surface area (Å²) in [4.78, 5) is 4.94. The van der Waals surface area contributed by atoms with Crippen LogP contribution in [0.2, 0.25) is 0 Å². The predicted molar refractivity (Wildman–Crippen MR) is 84.1 cm³/mol. The largest absolute Gasteiger partial charge is 0.350 e. The summed E-state index contributed by atoms with van der Waals surface area (Å²) in [5.74, 6) is 0. The Morgan fingerprint density at radius 3 is 2.53 bits per heavy atom. The van der Waals surface area contributed by atoms with Gasteiger partial charge in [-0.3, -0.25) is 4.99 Å². The Balaban J connectivity index is 2.60. The molecule has 0 N–H and O–H groups in total. The SMILES string of the molecule is CCC/C(=N\C(C)(C)C)c1cn(C)c2ccccc12. The van der Waals surface area contributed by atoms with Gasteiger partial charge in [-0.2, -0.15) is 0 Å². The molecule has 0 unspecified atom stereocenters. The van der Waals surface area contributed by atoms with Gasteiger partial charge < -0.3 is 4.57 Å². The number of aromatic nitrogens is 1. The van der Waals surface area contributed by atoms with Gasteiger partial charge in [-0.05, 0) is 33.3 Å². The Morgan fingerprint density at radius 2 is 1.89 bits per heavy atom. The molecule has 19 heavy (non-hydrogen) atoms. The van der Waals surface area contributed by atoms with Gasteiger partial charge >= 0.3 is 0 Å². The maximum absolute atomic E-state index is 4.94. The zero-order valence-electron chi connectivity index (χ0n) is 12.7. The molecule has 1 heterocycles. The van der Waals surface area contributed by atoms with Gasteiger partial charge in [0, 0.05) is 35.4 Å². The molecule has 2 aromatic rings. The lowest BCUT2D eigenvalue weighted by Gasteiger charge is -2.15. The Kier molecular flexibility index (Phi) is 3.79. The number of aryl methyl sites for hydroxylation is 1. The van der Waals surface area contributed by atoms with Crippen LogP contribution in [0.25, 0.3) is 10.9 Å². The van der Waals surface area contributed by atoms with Crippen molar-refractivity contribution in [3.63, 3.8) is 0 Å². The van der Waals surface area contributed by atoms with Gasteiger partial charge in [0.1, 0.15) is 0 Å². The first kappa shape index (κ1) is 13.9. The summed E-state index contributed by atoms with van der Waals surface area (Å²) in [7, 11) is 2.10. The van der Waals surface area contributed by atoms with E-state index in [0.29, 0.717) is 0 Å². The van der Waals surface area contributed by atoms with Crippen molar-refractivity contribution >= 4 is 16.6 Å². The van der Waals surface area contributed by atoms with E-state index >= 15 is 0 Å². The van der Waals surface area contributed by atoms with Crippen LogP contribution < -0.4 is 0 Å². The van der Waals surface area contributed by atoms with E-state index in [1.165, 1.54) is 22.2 Å². The number of aliphatic imine (C=N–C) groups is 1. The molecule has 0 saturated carbocycles. The first-order valence-electron chi connectivity index (χ1n) is 7.05. The minimum absolute atomic E-state index is 0.0263. The quantitative estimate of drug-likeness (QED) is 0.716. The molecule has 0 aliphatic heterocycles. The molecule has 0 aliphatic rings. The fourth-order valence-corrected chi connectivity index (χ4v) is 2.46. The van der Waals surface area contributed by atoms with Crippen LogP contribution >= 0.6 is 0 Å². The Hall–Kier alpha value is -1.57. The molecule has 0 radical (unpaired) electrons. The number of fused-ring (bicyclic) bond motifs is 1. The molecule has 0 atom stereocenters. The van der Waals surface area contributed by atoms with Crippen molar-refractivity contribution in [1.29, 1.82) is 0 Å². The molecule has 2 rings (SSSR count). The zero-order chi connectivity index (χ0) is 14.0. The van der Waals surface area contributed by atoms with Crippen LogP contribution in [0.4, 0.5) is 0 Å². The molecule has 1 aromatic heterocycles. The summed E-state index contributed by atoms with van der Waals surface area (Å²) < 4.78 is 2.19. The fraction of sp³-hybridized carbons (Fsp3) is 0.471. The number of nitrogens with zero attached hydrogens (tertiary/aromatic N) is 2. The molecular weight excluding hydrogens is 232 g/mol. The summed E-state index contributed by atoms with van der Waals surface area (Å²) in [5, 5.41) is 1.31. The van der Waals surface area contributed by atoms with Crippen LogP contribution in [0.3, 0.4) is 0 Å². The van der Waals surface area contributed by atoms with Gasteiger partial charge in [-0.15, -0.1) is 0 Å². The van der Waals surface area contributed by atoms with Crippen LogP contribution in [0.15, 0.2) is 35.5 Å². The maximum Gasteiger partial charge on any atom is 0.0527 e. The van der Waals surface area contributed by atoms with E-state index in [-0.39, 0.29) is 5.54 Å². The Morgan fingerprint density at radius 1 is 1.21 bits per heavy atom. The van der Waals surface area contributed by atoms with Gasteiger partial charge in [0.25, 0.3) is 0 Å². The number of hydrogen-bond acceptors (Lipinski definition) is 1. The molecule has 0 spiro atoms. The second-order valence-electron chi connectivity index (χ2n) is 6.15. The third kappa shape index (κ3) is 3.06. The van der Waals surface area contributed by atoms with Crippen LogP contribution in [0.5, 0.6) is 0 Å². The van der Waals surface area contributed by atoms with Crippen molar-refractivity contribution in [2.45, 2.75) is 46.1 Å². The Labute approximate surface area is 116 Å². The van der Waals surface area contributed by atoms with E-state index in [0.717, 1.165) is 12.8 Å². The van der Waals surface area contributed by atoms with Crippen molar-refractivity contribution in [2.24, 2.45) is 12.0 Å². The lowest BCUT2D eigenvalue weighted by atomic mass is 10.0. The highest BCUT2D eigenvalue weighted by Gasteiger charge is 2.15. The maximum atomic E-state index is 4.94. The predicted octanol–water partition coefficient (Wildman–Crippen LogP) is 4.57. The van der Waals surface area contributed by atoms with E-state index in [1.807, 2.05) is 0 Å². The van der Waals surface area contributed by atoms with Gasteiger partial charge in [-0.1, -0.05) is 31.5 Å². The molecule has 1 aromatic carbocycles. The van der Waals surface area contributed by atoms with Crippen LogP contribution in [0, 0.1) is 0 Å². The van der Waals surface area contributed by atoms with Crippen LogP contribution in [-0.4, -0.2) is 15.8 Å². The molecule has 102 valence electrons. The average Bonchev–Trinajstić information content (AvgIpc) is 2.66. The monoisotopic (exact) mass is 256 g/mol. The fourth-order valence-electron chi connectivity index (χ4n) is 2.46. The molecular formula is C17H24N2. The highest BCUT2D eigenvalue weighted by Crippen LogP contribution is 2.24. The third-order valence-electron chi connectivity index (χ3n) is 3.17. The average molecular weight is 256 g/mol. The van der Waals surface area contributed by atoms with Crippen molar-refractivity contribution in [3.05, 3.63) is 36.0 Å². The minimum atomic E-state index is -0.0263. The van der Waals surface area contributed by atoms with E-state index in [2.05, 4.69) is 69.8 Å². The first-order chi connectivity index (χ1) is 8.92. The van der Waals surface area contributed by atoms with Gasteiger partial charge in [-0.25, -0.2) is 0 Å². The van der Waals surface area contributed by atoms with Crippen LogP contribution in [0.1, 0.15) is 46.1 Å². The van der Waals surface area contributed by atoms with Crippen LogP contribution in [-0.2, 0) is 7.05 Å². The topological polar surface area (TPSA) is 17.3 Å². The number of hydrogen-bond donors (Lipinski definition) is 0. The van der Waals surface area contributed by atoms with Gasteiger partial charge in [0.2, 0.25) is 0 Å². The highest BCUT2D eigenvalue weighted by molar-refractivity contribution is 6.11. The molecule has 0 aliphatic carbocycles. The van der Waals surface area contributed by atoms with E-state index in [9.17, 15) is 0 Å². The molecule has 2 heteroatoms. The normalized spacial score (nSPS) is 13.2.